The molecule has 7 heteroatoms. The van der Waals surface area contributed by atoms with Crippen molar-refractivity contribution >= 4 is 26.5 Å². The third-order valence-corrected chi connectivity index (χ3v) is 7.32. The van der Waals surface area contributed by atoms with E-state index in [1.807, 2.05) is 0 Å². The average Bonchev–Trinajstić information content (AvgIpc) is 2.61. The minimum atomic E-state index is -3.42. The number of thiazole rings is 1. The molecule has 2 heterocycles. The van der Waals surface area contributed by atoms with Gasteiger partial charge in [-0.25, -0.2) is 13.4 Å². The first-order chi connectivity index (χ1) is 9.45. The number of hydrogen-bond donors (Lipinski definition) is 1. The lowest BCUT2D eigenvalue weighted by atomic mass is 9.96. The van der Waals surface area contributed by atoms with Crippen LogP contribution < -0.4 is 5.73 Å². The second kappa shape index (κ2) is 6.41. The molecule has 0 saturated carbocycles. The van der Waals surface area contributed by atoms with E-state index in [0.717, 1.165) is 30.6 Å². The minimum absolute atomic E-state index is 0.309. The van der Waals surface area contributed by atoms with E-state index in [2.05, 4.69) is 11.9 Å². The number of nitrogens with zero attached hydrogens (tertiary/aromatic N) is 2. The van der Waals surface area contributed by atoms with Crippen LogP contribution in [0.1, 0.15) is 44.7 Å². The van der Waals surface area contributed by atoms with Crippen molar-refractivity contribution in [3.8, 4) is 0 Å². The normalized spacial score (nSPS) is 21.8. The van der Waals surface area contributed by atoms with Gasteiger partial charge in [-0.2, -0.15) is 4.31 Å². The zero-order valence-corrected chi connectivity index (χ0v) is 13.8. The van der Waals surface area contributed by atoms with E-state index in [1.54, 1.807) is 11.2 Å². The van der Waals surface area contributed by atoms with Crippen LogP contribution in [-0.4, -0.2) is 30.8 Å². The molecule has 0 amide bonds. The summed E-state index contributed by atoms with van der Waals surface area (Å²) in [7, 11) is -3.42. The van der Waals surface area contributed by atoms with Gasteiger partial charge < -0.3 is 5.73 Å². The lowest BCUT2D eigenvalue weighted by Crippen LogP contribution is -2.32. The highest BCUT2D eigenvalue weighted by Crippen LogP contribution is 2.30. The van der Waals surface area contributed by atoms with Gasteiger partial charge >= 0.3 is 0 Å². The zero-order chi connectivity index (χ0) is 14.8. The summed E-state index contributed by atoms with van der Waals surface area (Å²) >= 11 is 1.07. The molecule has 1 aliphatic rings. The summed E-state index contributed by atoms with van der Waals surface area (Å²) < 4.78 is 27.3. The molecule has 1 atom stereocenters. The van der Waals surface area contributed by atoms with Gasteiger partial charge in [0.25, 0.3) is 10.0 Å². The maximum Gasteiger partial charge on any atom is 0.254 e. The smallest absolute Gasteiger partial charge is 0.254 e. The zero-order valence-electron chi connectivity index (χ0n) is 12.1. The summed E-state index contributed by atoms with van der Waals surface area (Å²) in [4.78, 5) is 4.03. The molecule has 1 unspecified atom stereocenters. The summed E-state index contributed by atoms with van der Waals surface area (Å²) in [6.07, 6.45) is 5.39. The number of aromatic nitrogens is 1. The number of nitrogens with two attached hydrogens (primary N) is 1. The molecule has 114 valence electrons. The molecule has 2 N–H and O–H groups in total. The monoisotopic (exact) mass is 317 g/mol. The number of rotatable bonds is 4. The molecule has 1 aromatic rings. The second-order valence-electron chi connectivity index (χ2n) is 5.41. The lowest BCUT2D eigenvalue weighted by Gasteiger charge is -2.19. The molecular formula is C13H23N3O2S2. The van der Waals surface area contributed by atoms with Crippen molar-refractivity contribution in [1.82, 2.24) is 9.29 Å². The van der Waals surface area contributed by atoms with E-state index in [1.165, 1.54) is 12.8 Å². The molecule has 1 aromatic heterocycles. The Morgan fingerprint density at radius 2 is 2.15 bits per heavy atom. The van der Waals surface area contributed by atoms with Crippen molar-refractivity contribution in [2.75, 3.05) is 18.8 Å². The molecule has 20 heavy (non-hydrogen) atoms. The standard InChI is InChI=1S/C13H23N3O2S2/c1-3-5-11-6-4-8-16(9-7-11)20(17,18)12-10(2)15-13(14)19-12/h11H,3-9H2,1-2H3,(H2,14,15). The first kappa shape index (κ1) is 15.7. The predicted molar refractivity (Wildman–Crippen MR) is 82.3 cm³/mol. The van der Waals surface area contributed by atoms with Crippen molar-refractivity contribution in [2.24, 2.45) is 5.92 Å². The van der Waals surface area contributed by atoms with Gasteiger partial charge in [-0.3, -0.25) is 0 Å². The van der Waals surface area contributed by atoms with Gasteiger partial charge in [-0.05, 0) is 32.1 Å². The number of aryl methyl sites for hydroxylation is 1. The van der Waals surface area contributed by atoms with Crippen LogP contribution in [0.3, 0.4) is 0 Å². The van der Waals surface area contributed by atoms with Crippen LogP contribution in [0, 0.1) is 12.8 Å². The van der Waals surface area contributed by atoms with Gasteiger partial charge in [-0.1, -0.05) is 31.1 Å². The van der Waals surface area contributed by atoms with Crippen molar-refractivity contribution in [1.29, 1.82) is 0 Å². The third kappa shape index (κ3) is 3.32. The van der Waals surface area contributed by atoms with E-state index in [4.69, 9.17) is 5.73 Å². The molecular weight excluding hydrogens is 294 g/mol. The fourth-order valence-corrected chi connectivity index (χ4v) is 5.76. The van der Waals surface area contributed by atoms with Gasteiger partial charge in [0.15, 0.2) is 9.34 Å². The Morgan fingerprint density at radius 1 is 1.40 bits per heavy atom. The highest BCUT2D eigenvalue weighted by molar-refractivity contribution is 7.91. The van der Waals surface area contributed by atoms with Crippen LogP contribution in [0.5, 0.6) is 0 Å². The van der Waals surface area contributed by atoms with E-state index in [-0.39, 0.29) is 0 Å². The Morgan fingerprint density at radius 3 is 2.75 bits per heavy atom. The molecule has 2 rings (SSSR count). The maximum atomic E-state index is 12.7. The molecule has 0 aromatic carbocycles. The Bertz CT molecular complexity index is 554. The van der Waals surface area contributed by atoms with Crippen LogP contribution in [0.4, 0.5) is 5.13 Å². The molecule has 1 saturated heterocycles. The largest absolute Gasteiger partial charge is 0.375 e. The van der Waals surface area contributed by atoms with Gasteiger partial charge in [0, 0.05) is 13.1 Å². The first-order valence-corrected chi connectivity index (χ1v) is 9.44. The summed E-state index contributed by atoms with van der Waals surface area (Å²) in [5.41, 5.74) is 6.14. The SMILES string of the molecule is CCCC1CCCN(S(=O)(=O)c2sc(N)nc2C)CC1. The molecule has 0 bridgehead atoms. The summed E-state index contributed by atoms with van der Waals surface area (Å²) in [5, 5.41) is 0.319. The fourth-order valence-electron chi connectivity index (χ4n) is 2.84. The predicted octanol–water partition coefficient (Wildman–Crippen LogP) is 2.62. The van der Waals surface area contributed by atoms with E-state index in [0.29, 0.717) is 34.0 Å². The number of hydrogen-bond acceptors (Lipinski definition) is 5. The van der Waals surface area contributed by atoms with E-state index >= 15 is 0 Å². The summed E-state index contributed by atoms with van der Waals surface area (Å²) in [6, 6.07) is 0. The Hall–Kier alpha value is -0.660. The molecule has 0 spiro atoms. The van der Waals surface area contributed by atoms with Crippen LogP contribution >= 0.6 is 11.3 Å². The molecule has 0 aliphatic carbocycles. The number of sulfonamides is 1. The number of nitrogen functional groups attached to an aromatic ring is 1. The van der Waals surface area contributed by atoms with Crippen LogP contribution in [0.25, 0.3) is 0 Å². The minimum Gasteiger partial charge on any atom is -0.375 e. The van der Waals surface area contributed by atoms with E-state index in [9.17, 15) is 8.42 Å². The van der Waals surface area contributed by atoms with Gasteiger partial charge in [0.2, 0.25) is 0 Å². The second-order valence-corrected chi connectivity index (χ2v) is 8.58. The molecule has 0 radical (unpaired) electrons. The Balaban J connectivity index is 2.16. The first-order valence-electron chi connectivity index (χ1n) is 7.18. The summed E-state index contributed by atoms with van der Waals surface area (Å²) in [5.74, 6) is 0.660. The van der Waals surface area contributed by atoms with Crippen molar-refractivity contribution < 1.29 is 8.42 Å². The van der Waals surface area contributed by atoms with Crippen LogP contribution in [0.2, 0.25) is 0 Å². The van der Waals surface area contributed by atoms with Crippen LogP contribution in [-0.2, 0) is 10.0 Å². The van der Waals surface area contributed by atoms with Crippen molar-refractivity contribution in [3.63, 3.8) is 0 Å². The highest BCUT2D eigenvalue weighted by Gasteiger charge is 2.30. The molecule has 5 nitrogen and oxygen atoms in total. The Kier molecular flexibility index (Phi) is 5.04. The third-order valence-electron chi connectivity index (χ3n) is 3.85. The van der Waals surface area contributed by atoms with Gasteiger partial charge in [0.1, 0.15) is 0 Å². The molecule has 1 aliphatic heterocycles. The fraction of sp³-hybridized carbons (Fsp3) is 0.769. The van der Waals surface area contributed by atoms with E-state index < -0.39 is 10.0 Å². The van der Waals surface area contributed by atoms with Crippen molar-refractivity contribution in [3.05, 3.63) is 5.69 Å². The van der Waals surface area contributed by atoms with Crippen LogP contribution in [0.15, 0.2) is 4.21 Å². The van der Waals surface area contributed by atoms with Crippen molar-refractivity contribution in [2.45, 2.75) is 50.2 Å². The van der Waals surface area contributed by atoms with Gasteiger partial charge in [0.05, 0.1) is 5.69 Å². The number of anilines is 1. The average molecular weight is 317 g/mol. The molecule has 1 fully saturated rings. The Labute approximate surface area is 125 Å². The summed E-state index contributed by atoms with van der Waals surface area (Å²) in [6.45, 7) is 5.12. The lowest BCUT2D eigenvalue weighted by molar-refractivity contribution is 0.400. The topological polar surface area (TPSA) is 76.3 Å². The highest BCUT2D eigenvalue weighted by atomic mass is 32.2. The maximum absolute atomic E-state index is 12.7. The quantitative estimate of drug-likeness (QED) is 0.926. The van der Waals surface area contributed by atoms with Gasteiger partial charge in [-0.15, -0.1) is 0 Å².